The first-order valence-corrected chi connectivity index (χ1v) is 7.02. The molecule has 0 atom stereocenters. The van der Waals surface area contributed by atoms with Crippen LogP contribution in [-0.2, 0) is 20.7 Å². The van der Waals surface area contributed by atoms with Gasteiger partial charge in [-0.25, -0.2) is 0 Å². The molecule has 6 heteroatoms. The Hall–Kier alpha value is -2.08. The minimum absolute atomic E-state index is 0.154. The van der Waals surface area contributed by atoms with E-state index in [0.717, 1.165) is 12.0 Å². The fraction of sp³-hybridized carbons (Fsp3) is 0.467. The molecule has 0 aliphatic rings. The molecule has 2 amide bonds. The Kier molecular flexibility index (Phi) is 7.89. The summed E-state index contributed by atoms with van der Waals surface area (Å²) in [5.41, 5.74) is 5.73. The summed E-state index contributed by atoms with van der Waals surface area (Å²) in [4.78, 5) is 22.9. The van der Waals surface area contributed by atoms with Crippen LogP contribution < -0.4 is 15.6 Å². The molecule has 1 aromatic carbocycles. The number of nitrogens with one attached hydrogen (secondary N) is 2. The summed E-state index contributed by atoms with van der Waals surface area (Å²) in [5, 5.41) is 0. The second-order valence-electron chi connectivity index (χ2n) is 4.33. The molecule has 2 N–H and O–H groups in total. The molecule has 0 heterocycles. The third kappa shape index (κ3) is 7.31. The van der Waals surface area contributed by atoms with Crippen molar-refractivity contribution in [3.05, 3.63) is 29.8 Å². The van der Waals surface area contributed by atoms with Crippen molar-refractivity contribution in [1.29, 1.82) is 0 Å². The second-order valence-corrected chi connectivity index (χ2v) is 4.33. The molecular formula is C15H22N2O4. The Morgan fingerprint density at radius 1 is 1.14 bits per heavy atom. The number of carbonyl (C=O) groups is 2. The lowest BCUT2D eigenvalue weighted by atomic mass is 10.2. The van der Waals surface area contributed by atoms with Crippen molar-refractivity contribution in [3.63, 3.8) is 0 Å². The number of aryl methyl sites for hydroxylation is 1. The van der Waals surface area contributed by atoms with Crippen LogP contribution in [0.4, 0.5) is 0 Å². The number of ether oxygens (including phenoxy) is 2. The molecule has 1 rings (SSSR count). The minimum atomic E-state index is -0.415. The number of hydrazine groups is 1. The summed E-state index contributed by atoms with van der Waals surface area (Å²) in [6.45, 7) is 4.63. The van der Waals surface area contributed by atoms with Crippen molar-refractivity contribution in [2.24, 2.45) is 0 Å². The smallest absolute Gasteiger partial charge is 0.276 e. The van der Waals surface area contributed by atoms with E-state index in [9.17, 15) is 9.59 Å². The first kappa shape index (κ1) is 17.0. The Balaban J connectivity index is 2.23. The molecule has 116 valence electrons. The van der Waals surface area contributed by atoms with Gasteiger partial charge in [0.15, 0.2) is 6.61 Å². The molecule has 0 bridgehead atoms. The number of carbonyl (C=O) groups excluding carboxylic acids is 2. The fourth-order valence-corrected chi connectivity index (χ4v) is 1.55. The van der Waals surface area contributed by atoms with Gasteiger partial charge in [-0.15, -0.1) is 0 Å². The van der Waals surface area contributed by atoms with E-state index in [1.807, 2.05) is 32.0 Å². The highest BCUT2D eigenvalue weighted by atomic mass is 16.5. The predicted molar refractivity (Wildman–Crippen MR) is 78.7 cm³/mol. The summed E-state index contributed by atoms with van der Waals surface area (Å²) in [7, 11) is 0. The highest BCUT2D eigenvalue weighted by molar-refractivity contribution is 5.82. The van der Waals surface area contributed by atoms with Crippen LogP contribution in [0.3, 0.4) is 0 Å². The summed E-state index contributed by atoms with van der Waals surface area (Å²) in [6.07, 6.45) is 1.10. The van der Waals surface area contributed by atoms with Crippen molar-refractivity contribution in [1.82, 2.24) is 10.9 Å². The summed E-state index contributed by atoms with van der Waals surface area (Å²) in [5.74, 6) is -0.0846. The van der Waals surface area contributed by atoms with Crippen LogP contribution in [-0.4, -0.2) is 31.6 Å². The molecular weight excluding hydrogens is 272 g/mol. The molecule has 0 aliphatic heterocycles. The maximum absolute atomic E-state index is 11.5. The van der Waals surface area contributed by atoms with Crippen LogP contribution in [0, 0.1) is 0 Å². The molecule has 0 saturated heterocycles. The maximum atomic E-state index is 11.5. The average Bonchev–Trinajstić information content (AvgIpc) is 2.51. The molecule has 0 saturated carbocycles. The van der Waals surface area contributed by atoms with Gasteiger partial charge in [-0.1, -0.05) is 19.1 Å². The van der Waals surface area contributed by atoms with E-state index >= 15 is 0 Å². The lowest BCUT2D eigenvalue weighted by Gasteiger charge is -2.09. The van der Waals surface area contributed by atoms with Gasteiger partial charge in [0.2, 0.25) is 5.91 Å². The highest BCUT2D eigenvalue weighted by Gasteiger charge is 2.05. The number of rotatable bonds is 8. The van der Waals surface area contributed by atoms with E-state index in [-0.39, 0.29) is 18.9 Å². The zero-order chi connectivity index (χ0) is 15.5. The summed E-state index contributed by atoms with van der Waals surface area (Å²) in [6, 6.07) is 7.54. The maximum Gasteiger partial charge on any atom is 0.276 e. The molecule has 0 fully saturated rings. The Morgan fingerprint density at radius 3 is 2.62 bits per heavy atom. The standard InChI is InChI=1S/C15H22N2O4/c1-3-12-6-5-7-13(10-12)21-11-15(19)17-16-14(18)8-9-20-4-2/h5-7,10H,3-4,8-9,11H2,1-2H3,(H,16,18)(H,17,19). The number of benzene rings is 1. The van der Waals surface area contributed by atoms with Gasteiger partial charge in [0, 0.05) is 6.61 Å². The van der Waals surface area contributed by atoms with Gasteiger partial charge in [-0.05, 0) is 31.0 Å². The highest BCUT2D eigenvalue weighted by Crippen LogP contribution is 2.13. The Morgan fingerprint density at radius 2 is 1.90 bits per heavy atom. The Labute approximate surface area is 124 Å². The first-order valence-electron chi connectivity index (χ1n) is 7.02. The van der Waals surface area contributed by atoms with Crippen LogP contribution in [0.1, 0.15) is 25.8 Å². The third-order valence-electron chi connectivity index (χ3n) is 2.70. The van der Waals surface area contributed by atoms with E-state index in [1.165, 1.54) is 0 Å². The minimum Gasteiger partial charge on any atom is -0.484 e. The molecule has 21 heavy (non-hydrogen) atoms. The molecule has 1 aromatic rings. The van der Waals surface area contributed by atoms with Gasteiger partial charge < -0.3 is 9.47 Å². The lowest BCUT2D eigenvalue weighted by Crippen LogP contribution is -2.44. The predicted octanol–water partition coefficient (Wildman–Crippen LogP) is 1.20. The van der Waals surface area contributed by atoms with Crippen LogP contribution in [0.2, 0.25) is 0 Å². The second kappa shape index (κ2) is 9.77. The van der Waals surface area contributed by atoms with Crippen molar-refractivity contribution >= 4 is 11.8 Å². The van der Waals surface area contributed by atoms with Gasteiger partial charge >= 0.3 is 0 Å². The van der Waals surface area contributed by atoms with E-state index in [0.29, 0.717) is 19.0 Å². The van der Waals surface area contributed by atoms with Gasteiger partial charge in [-0.2, -0.15) is 0 Å². The van der Waals surface area contributed by atoms with Crippen molar-refractivity contribution in [3.8, 4) is 5.75 Å². The van der Waals surface area contributed by atoms with Gasteiger partial charge in [0.25, 0.3) is 5.91 Å². The quantitative estimate of drug-likeness (QED) is 0.558. The third-order valence-corrected chi connectivity index (χ3v) is 2.70. The SMILES string of the molecule is CCOCCC(=O)NNC(=O)COc1cccc(CC)c1. The number of hydrogen-bond acceptors (Lipinski definition) is 4. The van der Waals surface area contributed by atoms with Crippen molar-refractivity contribution < 1.29 is 19.1 Å². The van der Waals surface area contributed by atoms with E-state index in [2.05, 4.69) is 10.9 Å². The molecule has 0 aliphatic carbocycles. The van der Waals surface area contributed by atoms with Crippen LogP contribution in [0.15, 0.2) is 24.3 Å². The lowest BCUT2D eigenvalue weighted by molar-refractivity contribution is -0.130. The summed E-state index contributed by atoms with van der Waals surface area (Å²) < 4.78 is 10.4. The largest absolute Gasteiger partial charge is 0.484 e. The fourth-order valence-electron chi connectivity index (χ4n) is 1.55. The van der Waals surface area contributed by atoms with Crippen LogP contribution >= 0.6 is 0 Å². The Bertz CT molecular complexity index is 463. The van der Waals surface area contributed by atoms with Gasteiger partial charge in [-0.3, -0.25) is 20.4 Å². The van der Waals surface area contributed by atoms with Crippen molar-refractivity contribution in [2.75, 3.05) is 19.8 Å². The van der Waals surface area contributed by atoms with Crippen LogP contribution in [0.25, 0.3) is 0 Å². The van der Waals surface area contributed by atoms with Crippen molar-refractivity contribution in [2.45, 2.75) is 26.7 Å². The van der Waals surface area contributed by atoms with Gasteiger partial charge in [0.05, 0.1) is 13.0 Å². The molecule has 0 unspecified atom stereocenters. The topological polar surface area (TPSA) is 76.7 Å². The normalized spacial score (nSPS) is 10.0. The zero-order valence-corrected chi connectivity index (χ0v) is 12.5. The monoisotopic (exact) mass is 294 g/mol. The molecule has 6 nitrogen and oxygen atoms in total. The van der Waals surface area contributed by atoms with Gasteiger partial charge in [0.1, 0.15) is 5.75 Å². The van der Waals surface area contributed by atoms with Crippen LogP contribution in [0.5, 0.6) is 5.75 Å². The molecule has 0 spiro atoms. The first-order chi connectivity index (χ1) is 10.2. The average molecular weight is 294 g/mol. The zero-order valence-electron chi connectivity index (χ0n) is 12.5. The van der Waals surface area contributed by atoms with E-state index in [1.54, 1.807) is 6.07 Å². The van der Waals surface area contributed by atoms with E-state index < -0.39 is 5.91 Å². The summed E-state index contributed by atoms with van der Waals surface area (Å²) >= 11 is 0. The number of hydrogen-bond donors (Lipinski definition) is 2. The number of amides is 2. The molecule has 0 aromatic heterocycles. The van der Waals surface area contributed by atoms with E-state index in [4.69, 9.17) is 9.47 Å². The molecule has 0 radical (unpaired) electrons.